The first-order valence-corrected chi connectivity index (χ1v) is 10.0. The molecular formula is C22H30FN3O3. The minimum absolute atomic E-state index is 0.0967. The molecule has 1 aromatic heterocycles. The lowest BCUT2D eigenvalue weighted by molar-refractivity contribution is -0.0527. The van der Waals surface area contributed by atoms with Gasteiger partial charge in [0.15, 0.2) is 11.6 Å². The molecule has 3 rings (SSSR count). The molecule has 0 atom stereocenters. The van der Waals surface area contributed by atoms with E-state index in [-0.39, 0.29) is 18.0 Å². The predicted octanol–water partition coefficient (Wildman–Crippen LogP) is 3.24. The van der Waals surface area contributed by atoms with Crippen molar-refractivity contribution in [3.05, 3.63) is 48.2 Å². The summed E-state index contributed by atoms with van der Waals surface area (Å²) in [6.45, 7) is 8.37. The van der Waals surface area contributed by atoms with Crippen LogP contribution in [0.2, 0.25) is 0 Å². The third kappa shape index (κ3) is 6.65. The zero-order valence-electron chi connectivity index (χ0n) is 17.4. The van der Waals surface area contributed by atoms with Gasteiger partial charge in [-0.3, -0.25) is 4.98 Å². The first-order chi connectivity index (χ1) is 13.7. The molecule has 1 aliphatic heterocycles. The second-order valence-corrected chi connectivity index (χ2v) is 8.60. The lowest BCUT2D eigenvalue weighted by atomic mass is 9.92. The van der Waals surface area contributed by atoms with Gasteiger partial charge in [-0.25, -0.2) is 9.37 Å². The highest BCUT2D eigenvalue weighted by Gasteiger charge is 2.33. The molecule has 0 radical (unpaired) electrons. The number of aliphatic hydroxyl groups is 1. The minimum atomic E-state index is -0.931. The zero-order chi connectivity index (χ0) is 20.9. The van der Waals surface area contributed by atoms with Gasteiger partial charge in [-0.15, -0.1) is 0 Å². The van der Waals surface area contributed by atoms with Crippen LogP contribution in [0.1, 0.15) is 39.3 Å². The van der Waals surface area contributed by atoms with Crippen molar-refractivity contribution in [2.24, 2.45) is 0 Å². The fraction of sp³-hybridized carbons (Fsp3) is 0.545. The first-order valence-electron chi connectivity index (χ1n) is 10.0. The maximum absolute atomic E-state index is 13.7. The Bertz CT molecular complexity index is 802. The van der Waals surface area contributed by atoms with Crippen molar-refractivity contribution >= 4 is 0 Å². The van der Waals surface area contributed by atoms with Crippen molar-refractivity contribution in [3.8, 4) is 11.6 Å². The van der Waals surface area contributed by atoms with Crippen LogP contribution in [0.25, 0.3) is 0 Å². The van der Waals surface area contributed by atoms with Gasteiger partial charge in [-0.2, -0.15) is 0 Å². The normalized spacial score (nSPS) is 17.1. The molecule has 7 heteroatoms. The molecule has 6 nitrogen and oxygen atoms in total. The smallest absolute Gasteiger partial charge is 0.233 e. The highest BCUT2D eigenvalue weighted by Crippen LogP contribution is 2.25. The summed E-state index contributed by atoms with van der Waals surface area (Å²) in [7, 11) is 0. The van der Waals surface area contributed by atoms with E-state index in [1.54, 1.807) is 30.6 Å². The number of hydrogen-bond acceptors (Lipinski definition) is 6. The summed E-state index contributed by atoms with van der Waals surface area (Å²) in [6.07, 6.45) is 5.32. The largest absolute Gasteiger partial charge is 0.488 e. The van der Waals surface area contributed by atoms with Gasteiger partial charge in [0, 0.05) is 32.3 Å². The molecule has 158 valence electrons. The molecule has 0 unspecified atom stereocenters. The van der Waals surface area contributed by atoms with E-state index >= 15 is 0 Å². The molecule has 1 fully saturated rings. The molecule has 2 heterocycles. The summed E-state index contributed by atoms with van der Waals surface area (Å²) in [4.78, 5) is 11.0. The van der Waals surface area contributed by atoms with Gasteiger partial charge in [-0.05, 0) is 45.7 Å². The molecule has 1 aromatic carbocycles. The summed E-state index contributed by atoms with van der Waals surface area (Å²) in [6, 6.07) is 6.26. The number of likely N-dealkylation sites (tertiary alicyclic amines) is 1. The Hall–Kier alpha value is -2.25. The monoisotopic (exact) mass is 403 g/mol. The topological polar surface area (TPSA) is 67.7 Å². The standard InChI is InChI=1S/C22H30FN3O3/c1-21(2,3)29-20-15-24-14-17(25-20)8-11-26-12-9-22(27,10-13-26)16-28-19-7-5-4-6-18(19)23/h4-7,14-15,27H,8-13,16H2,1-3H3. The Morgan fingerprint density at radius 3 is 2.59 bits per heavy atom. The summed E-state index contributed by atoms with van der Waals surface area (Å²) >= 11 is 0. The van der Waals surface area contributed by atoms with E-state index in [0.29, 0.717) is 18.7 Å². The summed E-state index contributed by atoms with van der Waals surface area (Å²) in [5, 5.41) is 10.8. The summed E-state index contributed by atoms with van der Waals surface area (Å²) in [5.41, 5.74) is -0.357. The average molecular weight is 403 g/mol. The van der Waals surface area contributed by atoms with Gasteiger partial charge in [0.05, 0.1) is 11.9 Å². The first kappa shape index (κ1) is 21.5. The minimum Gasteiger partial charge on any atom is -0.488 e. The SMILES string of the molecule is CC(C)(C)Oc1cncc(CCN2CCC(O)(COc3ccccc3F)CC2)n1. The van der Waals surface area contributed by atoms with E-state index in [9.17, 15) is 9.50 Å². The van der Waals surface area contributed by atoms with Crippen LogP contribution >= 0.6 is 0 Å². The fourth-order valence-corrected chi connectivity index (χ4v) is 3.25. The van der Waals surface area contributed by atoms with Crippen LogP contribution < -0.4 is 9.47 Å². The second-order valence-electron chi connectivity index (χ2n) is 8.60. The van der Waals surface area contributed by atoms with Crippen LogP contribution in [0.3, 0.4) is 0 Å². The lowest BCUT2D eigenvalue weighted by Crippen LogP contribution is -2.48. The van der Waals surface area contributed by atoms with Crippen LogP contribution in [-0.4, -0.2) is 57.4 Å². The molecule has 0 spiro atoms. The molecule has 0 bridgehead atoms. The Morgan fingerprint density at radius 1 is 1.17 bits per heavy atom. The summed E-state index contributed by atoms with van der Waals surface area (Å²) in [5.74, 6) is 0.305. The zero-order valence-corrected chi connectivity index (χ0v) is 17.4. The third-order valence-electron chi connectivity index (χ3n) is 4.88. The molecule has 0 aliphatic carbocycles. The average Bonchev–Trinajstić information content (AvgIpc) is 2.66. The quantitative estimate of drug-likeness (QED) is 0.766. The fourth-order valence-electron chi connectivity index (χ4n) is 3.25. The van der Waals surface area contributed by atoms with Crippen molar-refractivity contribution in [3.63, 3.8) is 0 Å². The van der Waals surface area contributed by atoms with Crippen molar-refractivity contribution < 1.29 is 19.0 Å². The molecule has 2 aromatic rings. The molecule has 0 saturated carbocycles. The second kappa shape index (κ2) is 9.05. The summed E-state index contributed by atoms with van der Waals surface area (Å²) < 4.78 is 25.0. The maximum atomic E-state index is 13.7. The molecular weight excluding hydrogens is 373 g/mol. The van der Waals surface area contributed by atoms with Gasteiger partial charge in [0.1, 0.15) is 17.8 Å². The van der Waals surface area contributed by atoms with Gasteiger partial charge >= 0.3 is 0 Å². The number of hydrogen-bond donors (Lipinski definition) is 1. The van der Waals surface area contributed by atoms with E-state index in [4.69, 9.17) is 9.47 Å². The number of ether oxygens (including phenoxy) is 2. The Morgan fingerprint density at radius 2 is 1.90 bits per heavy atom. The van der Waals surface area contributed by atoms with Gasteiger partial charge in [0.25, 0.3) is 0 Å². The number of halogens is 1. The molecule has 29 heavy (non-hydrogen) atoms. The van der Waals surface area contributed by atoms with Crippen LogP contribution in [0.5, 0.6) is 11.6 Å². The highest BCUT2D eigenvalue weighted by molar-refractivity contribution is 5.23. The highest BCUT2D eigenvalue weighted by atomic mass is 19.1. The van der Waals surface area contributed by atoms with Gasteiger partial charge in [0.2, 0.25) is 5.88 Å². The van der Waals surface area contributed by atoms with E-state index in [1.807, 2.05) is 20.8 Å². The van der Waals surface area contributed by atoms with Crippen molar-refractivity contribution in [2.75, 3.05) is 26.2 Å². The van der Waals surface area contributed by atoms with Crippen LogP contribution in [0, 0.1) is 5.82 Å². The number of piperidine rings is 1. The number of rotatable bonds is 7. The molecule has 1 aliphatic rings. The van der Waals surface area contributed by atoms with Crippen molar-refractivity contribution in [1.82, 2.24) is 14.9 Å². The molecule has 1 saturated heterocycles. The van der Waals surface area contributed by atoms with E-state index in [1.165, 1.54) is 6.07 Å². The number of benzene rings is 1. The van der Waals surface area contributed by atoms with E-state index < -0.39 is 11.4 Å². The van der Waals surface area contributed by atoms with Crippen LogP contribution in [0.15, 0.2) is 36.7 Å². The maximum Gasteiger partial charge on any atom is 0.233 e. The number of para-hydroxylation sites is 1. The van der Waals surface area contributed by atoms with E-state index in [0.717, 1.165) is 31.7 Å². The predicted molar refractivity (Wildman–Crippen MR) is 109 cm³/mol. The Kier molecular flexibility index (Phi) is 6.70. The number of aromatic nitrogens is 2. The van der Waals surface area contributed by atoms with Gasteiger partial charge in [-0.1, -0.05) is 12.1 Å². The molecule has 1 N–H and O–H groups in total. The van der Waals surface area contributed by atoms with E-state index in [2.05, 4.69) is 14.9 Å². The lowest BCUT2D eigenvalue weighted by Gasteiger charge is -2.37. The van der Waals surface area contributed by atoms with Crippen LogP contribution in [0.4, 0.5) is 4.39 Å². The Balaban J connectivity index is 1.45. The number of nitrogens with zero attached hydrogens (tertiary/aromatic N) is 3. The van der Waals surface area contributed by atoms with Crippen LogP contribution in [-0.2, 0) is 6.42 Å². The third-order valence-corrected chi connectivity index (χ3v) is 4.88. The van der Waals surface area contributed by atoms with Gasteiger partial charge < -0.3 is 19.5 Å². The Labute approximate surface area is 171 Å². The molecule has 0 amide bonds. The van der Waals surface area contributed by atoms with Crippen molar-refractivity contribution in [2.45, 2.75) is 51.2 Å². The van der Waals surface area contributed by atoms with Crippen molar-refractivity contribution in [1.29, 1.82) is 0 Å².